The molecule has 0 spiro atoms. The van der Waals surface area contributed by atoms with Gasteiger partial charge in [0.2, 0.25) is 0 Å². The number of hydrogen-bond donors (Lipinski definition) is 2. The first kappa shape index (κ1) is 14.2. The molecule has 0 bridgehead atoms. The van der Waals surface area contributed by atoms with Gasteiger partial charge in [0.05, 0.1) is 11.6 Å². The molecule has 0 aromatic heterocycles. The smallest absolute Gasteiger partial charge is 0.407 e. The van der Waals surface area contributed by atoms with Crippen LogP contribution in [0.1, 0.15) is 5.56 Å². The van der Waals surface area contributed by atoms with Crippen LogP contribution in [0.15, 0.2) is 12.1 Å². The molecule has 1 aliphatic heterocycles. The zero-order valence-corrected chi connectivity index (χ0v) is 11.8. The molecular formula is C12H14Cl2N2O3. The van der Waals surface area contributed by atoms with E-state index >= 15 is 0 Å². The summed E-state index contributed by atoms with van der Waals surface area (Å²) in [5.74, 6) is 0.559. The van der Waals surface area contributed by atoms with Crippen LogP contribution in [-0.4, -0.2) is 32.4 Å². The van der Waals surface area contributed by atoms with Crippen LogP contribution in [0, 0.1) is 0 Å². The van der Waals surface area contributed by atoms with Gasteiger partial charge >= 0.3 is 6.09 Å². The van der Waals surface area contributed by atoms with Crippen molar-refractivity contribution in [1.82, 2.24) is 10.6 Å². The molecule has 1 saturated heterocycles. The number of ether oxygens (including phenoxy) is 2. The molecule has 1 atom stereocenters. The first-order valence-corrected chi connectivity index (χ1v) is 6.55. The summed E-state index contributed by atoms with van der Waals surface area (Å²) in [6.45, 7) is 1.26. The monoisotopic (exact) mass is 304 g/mol. The van der Waals surface area contributed by atoms with Gasteiger partial charge in [-0.25, -0.2) is 4.79 Å². The Morgan fingerprint density at radius 1 is 1.53 bits per heavy atom. The van der Waals surface area contributed by atoms with Crippen molar-refractivity contribution >= 4 is 29.3 Å². The van der Waals surface area contributed by atoms with Gasteiger partial charge in [0.25, 0.3) is 0 Å². The second-order valence-electron chi connectivity index (χ2n) is 4.13. The molecule has 2 N–H and O–H groups in total. The molecule has 1 amide bonds. The first-order chi connectivity index (χ1) is 9.10. The molecule has 0 aliphatic carbocycles. The number of carbonyl (C=O) groups excluding carboxylic acids is 1. The largest absolute Gasteiger partial charge is 0.488 e. The molecule has 1 aromatic carbocycles. The van der Waals surface area contributed by atoms with Gasteiger partial charge in [-0.05, 0) is 19.2 Å². The minimum atomic E-state index is -0.425. The fourth-order valence-electron chi connectivity index (χ4n) is 1.80. The molecule has 7 heteroatoms. The number of hydrogen-bond acceptors (Lipinski definition) is 4. The van der Waals surface area contributed by atoms with Gasteiger partial charge in [-0.15, -0.1) is 0 Å². The number of halogens is 2. The van der Waals surface area contributed by atoms with Crippen LogP contribution in [0.25, 0.3) is 0 Å². The lowest BCUT2D eigenvalue weighted by Crippen LogP contribution is -2.22. The van der Waals surface area contributed by atoms with Crippen LogP contribution >= 0.6 is 23.2 Å². The molecule has 1 heterocycles. The highest BCUT2D eigenvalue weighted by atomic mass is 35.5. The van der Waals surface area contributed by atoms with Gasteiger partial charge in [0.1, 0.15) is 12.4 Å². The van der Waals surface area contributed by atoms with Crippen LogP contribution in [-0.2, 0) is 11.3 Å². The average molecular weight is 305 g/mol. The molecule has 104 valence electrons. The number of nitrogens with one attached hydrogen (secondary N) is 2. The van der Waals surface area contributed by atoms with Crippen molar-refractivity contribution in [3.8, 4) is 5.75 Å². The molecule has 1 unspecified atom stereocenters. The maximum atomic E-state index is 10.9. The van der Waals surface area contributed by atoms with Crippen LogP contribution in [0.2, 0.25) is 10.0 Å². The summed E-state index contributed by atoms with van der Waals surface area (Å²) in [5.41, 5.74) is 0.859. The Balaban J connectivity index is 2.07. The van der Waals surface area contributed by atoms with E-state index in [1.54, 1.807) is 12.1 Å². The number of rotatable bonds is 5. The Hall–Kier alpha value is -1.17. The number of amides is 1. The van der Waals surface area contributed by atoms with E-state index in [9.17, 15) is 4.79 Å². The quantitative estimate of drug-likeness (QED) is 0.875. The van der Waals surface area contributed by atoms with Gasteiger partial charge in [0.15, 0.2) is 6.10 Å². The van der Waals surface area contributed by atoms with Gasteiger partial charge < -0.3 is 20.1 Å². The second kappa shape index (κ2) is 6.32. The zero-order chi connectivity index (χ0) is 13.8. The van der Waals surface area contributed by atoms with Crippen LogP contribution in [0.5, 0.6) is 5.75 Å². The molecule has 1 aromatic rings. The summed E-state index contributed by atoms with van der Waals surface area (Å²) in [6, 6.07) is 3.41. The fourth-order valence-corrected chi connectivity index (χ4v) is 2.39. The van der Waals surface area contributed by atoms with Crippen molar-refractivity contribution in [3.05, 3.63) is 27.7 Å². The average Bonchev–Trinajstić information content (AvgIpc) is 2.74. The van der Waals surface area contributed by atoms with Crippen LogP contribution < -0.4 is 15.4 Å². The van der Waals surface area contributed by atoms with Crippen molar-refractivity contribution in [2.24, 2.45) is 0 Å². The van der Waals surface area contributed by atoms with E-state index in [0.717, 1.165) is 5.56 Å². The summed E-state index contributed by atoms with van der Waals surface area (Å²) in [7, 11) is 1.82. The lowest BCUT2D eigenvalue weighted by molar-refractivity contribution is 0.104. The number of carbonyl (C=O) groups is 1. The van der Waals surface area contributed by atoms with E-state index in [2.05, 4.69) is 10.6 Å². The number of benzene rings is 1. The maximum Gasteiger partial charge on any atom is 0.407 e. The topological polar surface area (TPSA) is 59.6 Å². The van der Waals surface area contributed by atoms with E-state index in [1.807, 2.05) is 7.05 Å². The van der Waals surface area contributed by atoms with Crippen molar-refractivity contribution in [1.29, 1.82) is 0 Å². The van der Waals surface area contributed by atoms with Gasteiger partial charge in [0, 0.05) is 17.1 Å². The van der Waals surface area contributed by atoms with Crippen LogP contribution in [0.4, 0.5) is 4.79 Å². The molecule has 1 fully saturated rings. The lowest BCUT2D eigenvalue weighted by Gasteiger charge is -2.15. The summed E-state index contributed by atoms with van der Waals surface area (Å²) < 4.78 is 10.6. The summed E-state index contributed by atoms with van der Waals surface area (Å²) in [5, 5.41) is 6.57. The van der Waals surface area contributed by atoms with E-state index in [1.165, 1.54) is 0 Å². The SMILES string of the molecule is CNCc1cc(Cl)cc(Cl)c1OCC1CNC(=O)O1. The van der Waals surface area contributed by atoms with Gasteiger partial charge in [-0.2, -0.15) is 0 Å². The summed E-state index contributed by atoms with van der Waals surface area (Å²) >= 11 is 12.1. The fraction of sp³-hybridized carbons (Fsp3) is 0.417. The third-order valence-corrected chi connectivity index (χ3v) is 3.11. The first-order valence-electron chi connectivity index (χ1n) is 5.80. The third kappa shape index (κ3) is 3.65. The van der Waals surface area contributed by atoms with Crippen LogP contribution in [0.3, 0.4) is 0 Å². The molecule has 0 saturated carbocycles. The lowest BCUT2D eigenvalue weighted by atomic mass is 10.2. The summed E-state index contributed by atoms with van der Waals surface area (Å²) in [6.07, 6.45) is -0.729. The van der Waals surface area contributed by atoms with Gasteiger partial charge in [-0.3, -0.25) is 0 Å². The molecular weight excluding hydrogens is 291 g/mol. The minimum Gasteiger partial charge on any atom is -0.488 e. The number of cyclic esters (lactones) is 1. The standard InChI is InChI=1S/C12H14Cl2N2O3/c1-15-4-7-2-8(13)3-10(14)11(7)18-6-9-5-16-12(17)19-9/h2-3,9,15H,4-6H2,1H3,(H,16,17). The zero-order valence-electron chi connectivity index (χ0n) is 10.3. The van der Waals surface area contributed by atoms with Crippen molar-refractivity contribution in [2.75, 3.05) is 20.2 Å². The molecule has 1 aliphatic rings. The summed E-state index contributed by atoms with van der Waals surface area (Å²) in [4.78, 5) is 10.9. The number of alkyl carbamates (subject to hydrolysis) is 1. The highest BCUT2D eigenvalue weighted by Gasteiger charge is 2.23. The van der Waals surface area contributed by atoms with Crippen molar-refractivity contribution in [2.45, 2.75) is 12.6 Å². The Morgan fingerprint density at radius 3 is 2.95 bits per heavy atom. The molecule has 5 nitrogen and oxygen atoms in total. The maximum absolute atomic E-state index is 10.9. The Kier molecular flexibility index (Phi) is 4.74. The third-order valence-electron chi connectivity index (χ3n) is 2.61. The minimum absolute atomic E-state index is 0.247. The van der Waals surface area contributed by atoms with E-state index in [-0.39, 0.29) is 12.7 Å². The van der Waals surface area contributed by atoms with Gasteiger partial charge in [-0.1, -0.05) is 23.2 Å². The Labute approximate surface area is 121 Å². The van der Waals surface area contributed by atoms with Crippen molar-refractivity contribution in [3.63, 3.8) is 0 Å². The highest BCUT2D eigenvalue weighted by Crippen LogP contribution is 2.32. The Morgan fingerprint density at radius 2 is 2.32 bits per heavy atom. The predicted molar refractivity (Wildman–Crippen MR) is 73.0 cm³/mol. The van der Waals surface area contributed by atoms with E-state index in [4.69, 9.17) is 32.7 Å². The Bertz CT molecular complexity index is 482. The molecule has 2 rings (SSSR count). The van der Waals surface area contributed by atoms with E-state index in [0.29, 0.717) is 28.9 Å². The predicted octanol–water partition coefficient (Wildman–Crippen LogP) is 2.20. The van der Waals surface area contributed by atoms with E-state index < -0.39 is 6.09 Å². The second-order valence-corrected chi connectivity index (χ2v) is 4.97. The normalized spacial score (nSPS) is 18.1. The molecule has 0 radical (unpaired) electrons. The highest BCUT2D eigenvalue weighted by molar-refractivity contribution is 6.35. The van der Waals surface area contributed by atoms with Crippen molar-refractivity contribution < 1.29 is 14.3 Å². The molecule has 19 heavy (non-hydrogen) atoms.